The lowest BCUT2D eigenvalue weighted by atomic mass is 10.2. The molecule has 138 valence electrons. The lowest BCUT2D eigenvalue weighted by molar-refractivity contribution is -0.713. The van der Waals surface area contributed by atoms with Gasteiger partial charge in [-0.25, -0.2) is 19.7 Å². The van der Waals surface area contributed by atoms with Crippen LogP contribution in [0.4, 0.5) is 9.59 Å². The minimum atomic E-state index is -0.894. The van der Waals surface area contributed by atoms with Gasteiger partial charge in [-0.3, -0.25) is 4.90 Å². The number of halogens is 1. The van der Waals surface area contributed by atoms with Crippen LogP contribution < -0.4 is 4.72 Å². The molecule has 0 aliphatic heterocycles. The van der Waals surface area contributed by atoms with Crippen molar-refractivity contribution in [2.75, 3.05) is 20.7 Å². The van der Waals surface area contributed by atoms with Gasteiger partial charge in [-0.1, -0.05) is 22.2 Å². The van der Waals surface area contributed by atoms with Crippen molar-refractivity contribution in [2.45, 2.75) is 31.7 Å². The molecule has 0 aliphatic carbocycles. The molecule has 0 spiro atoms. The Labute approximate surface area is 157 Å². The van der Waals surface area contributed by atoms with E-state index in [1.54, 1.807) is 45.0 Å². The highest BCUT2D eigenvalue weighted by molar-refractivity contribution is 7.98. The monoisotopic (exact) mass is 387 g/mol. The highest BCUT2D eigenvalue weighted by atomic mass is 35.5. The zero-order chi connectivity index (χ0) is 19.2. The number of benzene rings is 1. The van der Waals surface area contributed by atoms with Gasteiger partial charge in [0.1, 0.15) is 6.04 Å². The van der Waals surface area contributed by atoms with Crippen molar-refractivity contribution in [1.29, 1.82) is 5.41 Å². The zero-order valence-corrected chi connectivity index (χ0v) is 16.6. The standard InChI is InChI=1S/C16H23ClN4O3S/c1-6-24-14(18)21(11(2)3,16(23)20(4)5)15(22)19-25-13-9-7-8-12(17)10-13/h7-11,18H,6H2,1-5H3/p+1. The zero-order valence-electron chi connectivity index (χ0n) is 15.0. The molecule has 1 atom stereocenters. The number of amidine groups is 1. The predicted octanol–water partition coefficient (Wildman–Crippen LogP) is 3.93. The van der Waals surface area contributed by atoms with E-state index in [-0.39, 0.29) is 6.61 Å². The third kappa shape index (κ3) is 4.65. The largest absolute Gasteiger partial charge is 0.445 e. The number of imide groups is 1. The topological polar surface area (TPSA) is 82.5 Å². The third-order valence-electron chi connectivity index (χ3n) is 3.43. The Morgan fingerprint density at radius 3 is 2.52 bits per heavy atom. The summed E-state index contributed by atoms with van der Waals surface area (Å²) in [5, 5.41) is 8.74. The molecule has 25 heavy (non-hydrogen) atoms. The van der Waals surface area contributed by atoms with Crippen LogP contribution >= 0.6 is 23.5 Å². The maximum absolute atomic E-state index is 13.0. The molecule has 0 radical (unpaired) electrons. The molecule has 0 aromatic heterocycles. The number of urea groups is 2. The summed E-state index contributed by atoms with van der Waals surface area (Å²) in [6.45, 7) is 5.26. The van der Waals surface area contributed by atoms with Crippen molar-refractivity contribution in [2.24, 2.45) is 0 Å². The van der Waals surface area contributed by atoms with Crippen LogP contribution in [0.15, 0.2) is 29.2 Å². The second-order valence-electron chi connectivity index (χ2n) is 5.70. The summed E-state index contributed by atoms with van der Waals surface area (Å²) < 4.78 is 7.00. The van der Waals surface area contributed by atoms with Crippen molar-refractivity contribution in [3.05, 3.63) is 29.3 Å². The molecule has 1 rings (SSSR count). The molecular formula is C16H24ClN4O3S+. The van der Waals surface area contributed by atoms with Crippen LogP contribution in [0.2, 0.25) is 5.02 Å². The number of rotatable bonds is 4. The third-order valence-corrected chi connectivity index (χ3v) is 4.43. The van der Waals surface area contributed by atoms with Gasteiger partial charge in [0.05, 0.1) is 6.61 Å². The molecule has 0 aliphatic rings. The van der Waals surface area contributed by atoms with Crippen LogP contribution in [0.5, 0.6) is 0 Å². The first-order valence-corrected chi connectivity index (χ1v) is 8.92. The van der Waals surface area contributed by atoms with Crippen LogP contribution in [0, 0.1) is 5.41 Å². The number of carbonyl (C=O) groups excluding carboxylic acids is 2. The average molecular weight is 388 g/mol. The SMILES string of the molecule is CCOC(=N)[N+](C(=O)NSc1cccc(Cl)c1)(C(=O)N(C)C)C(C)C. The van der Waals surface area contributed by atoms with Gasteiger partial charge in [0.2, 0.25) is 0 Å². The summed E-state index contributed by atoms with van der Waals surface area (Å²) >= 11 is 6.97. The van der Waals surface area contributed by atoms with Gasteiger partial charge in [-0.2, -0.15) is 0 Å². The van der Waals surface area contributed by atoms with Crippen molar-refractivity contribution < 1.29 is 18.8 Å². The molecule has 2 N–H and O–H groups in total. The highest BCUT2D eigenvalue weighted by Crippen LogP contribution is 2.24. The van der Waals surface area contributed by atoms with Crippen LogP contribution in [-0.2, 0) is 4.74 Å². The van der Waals surface area contributed by atoms with E-state index in [1.807, 2.05) is 0 Å². The molecule has 0 bridgehead atoms. The molecule has 0 fully saturated rings. The van der Waals surface area contributed by atoms with Crippen molar-refractivity contribution in [3.63, 3.8) is 0 Å². The van der Waals surface area contributed by atoms with Crippen LogP contribution in [-0.4, -0.2) is 54.2 Å². The average Bonchev–Trinajstić information content (AvgIpc) is 2.53. The van der Waals surface area contributed by atoms with E-state index in [0.717, 1.165) is 11.9 Å². The number of carbonyl (C=O) groups is 2. The van der Waals surface area contributed by atoms with Crippen LogP contribution in [0.1, 0.15) is 20.8 Å². The molecule has 4 amide bonds. The van der Waals surface area contributed by atoms with E-state index in [0.29, 0.717) is 9.92 Å². The maximum Gasteiger partial charge on any atom is 0.445 e. The lowest BCUT2D eigenvalue weighted by Crippen LogP contribution is -2.69. The fourth-order valence-corrected chi connectivity index (χ4v) is 3.15. The Kier molecular flexibility index (Phi) is 7.72. The van der Waals surface area contributed by atoms with Gasteiger partial charge >= 0.3 is 18.1 Å². The number of nitrogens with zero attached hydrogens (tertiary/aromatic N) is 2. The number of hydrogen-bond acceptors (Lipinski definition) is 5. The summed E-state index contributed by atoms with van der Waals surface area (Å²) in [4.78, 5) is 27.8. The highest BCUT2D eigenvalue weighted by Gasteiger charge is 2.55. The summed E-state index contributed by atoms with van der Waals surface area (Å²) in [5.41, 5.74) is 0. The molecule has 1 aromatic carbocycles. The lowest BCUT2D eigenvalue weighted by Gasteiger charge is -2.35. The number of ether oxygens (including phenoxy) is 1. The first-order valence-electron chi connectivity index (χ1n) is 7.73. The van der Waals surface area contributed by atoms with E-state index in [9.17, 15) is 9.59 Å². The van der Waals surface area contributed by atoms with Gasteiger partial charge in [0, 0.05) is 24.0 Å². The second kappa shape index (κ2) is 9.07. The summed E-state index contributed by atoms with van der Waals surface area (Å²) in [6, 6.07) is 4.79. The summed E-state index contributed by atoms with van der Waals surface area (Å²) in [7, 11) is 3.07. The molecule has 1 unspecified atom stereocenters. The number of quaternary nitrogens is 1. The van der Waals surface area contributed by atoms with Gasteiger partial charge < -0.3 is 4.74 Å². The molecule has 0 saturated heterocycles. The Balaban J connectivity index is 3.18. The number of nitrogens with one attached hydrogen (secondary N) is 2. The van der Waals surface area contributed by atoms with E-state index in [2.05, 4.69) is 4.72 Å². The Morgan fingerprint density at radius 2 is 2.04 bits per heavy atom. The van der Waals surface area contributed by atoms with Gasteiger partial charge in [-0.15, -0.1) is 0 Å². The minimum absolute atomic E-state index is 0.182. The molecule has 0 saturated carbocycles. The summed E-state index contributed by atoms with van der Waals surface area (Å²) in [5.74, 6) is 0. The van der Waals surface area contributed by atoms with E-state index in [4.69, 9.17) is 21.7 Å². The van der Waals surface area contributed by atoms with Gasteiger partial charge in [-0.05, 0) is 50.9 Å². The van der Waals surface area contributed by atoms with Gasteiger partial charge in [0.25, 0.3) is 0 Å². The van der Waals surface area contributed by atoms with Crippen molar-refractivity contribution in [3.8, 4) is 0 Å². The number of amides is 4. The molecule has 0 heterocycles. The van der Waals surface area contributed by atoms with Crippen molar-refractivity contribution >= 4 is 41.6 Å². The Hall–Kier alpha value is -1.77. The summed E-state index contributed by atoms with van der Waals surface area (Å²) in [6.07, 6.45) is 0. The molecular weight excluding hydrogens is 364 g/mol. The first-order chi connectivity index (χ1) is 11.7. The van der Waals surface area contributed by atoms with Crippen LogP contribution in [0.3, 0.4) is 0 Å². The fraction of sp³-hybridized carbons (Fsp3) is 0.438. The normalized spacial score (nSPS) is 13.1. The second-order valence-corrected chi connectivity index (χ2v) is 7.01. The Bertz CT molecular complexity index is 654. The van der Waals surface area contributed by atoms with E-state index in [1.165, 1.54) is 19.0 Å². The van der Waals surface area contributed by atoms with E-state index >= 15 is 0 Å². The van der Waals surface area contributed by atoms with Gasteiger partial charge in [0.15, 0.2) is 0 Å². The quantitative estimate of drug-likeness (QED) is 0.355. The first kappa shape index (κ1) is 21.3. The minimum Gasteiger partial charge on any atom is -0.436 e. The molecule has 1 aromatic rings. The maximum atomic E-state index is 13.0. The smallest absolute Gasteiger partial charge is 0.436 e. The molecule has 9 heteroatoms. The van der Waals surface area contributed by atoms with Crippen molar-refractivity contribution in [1.82, 2.24) is 9.62 Å². The predicted molar refractivity (Wildman–Crippen MR) is 99.7 cm³/mol. The molecule has 7 nitrogen and oxygen atoms in total. The van der Waals surface area contributed by atoms with Crippen LogP contribution in [0.25, 0.3) is 0 Å². The number of hydrogen-bond donors (Lipinski definition) is 2. The Morgan fingerprint density at radius 1 is 1.40 bits per heavy atom. The van der Waals surface area contributed by atoms with E-state index < -0.39 is 28.6 Å². The fourth-order valence-electron chi connectivity index (χ4n) is 2.21.